The summed E-state index contributed by atoms with van der Waals surface area (Å²) in [5, 5.41) is 0. The molecule has 0 aliphatic carbocycles. The van der Waals surface area contributed by atoms with Crippen LogP contribution in [-0.4, -0.2) is 59.8 Å². The first-order valence-electron chi connectivity index (χ1n) is 0. The Kier molecular flexibility index (Phi) is 121. The van der Waals surface area contributed by atoms with Gasteiger partial charge in [0.1, 0.15) is 0 Å². The van der Waals surface area contributed by atoms with Crippen LogP contribution in [0.25, 0.3) is 0 Å². The SMILES string of the molecule is [Ba].[Mn].[Si].[V]. The van der Waals surface area contributed by atoms with Crippen molar-refractivity contribution >= 4 is 59.8 Å². The van der Waals surface area contributed by atoms with E-state index in [1.54, 1.807) is 0 Å². The molecule has 8 radical (unpaired) electrons. The second-order valence-corrected chi connectivity index (χ2v) is 0. The molecule has 0 spiro atoms. The van der Waals surface area contributed by atoms with Crippen molar-refractivity contribution in [1.82, 2.24) is 0 Å². The molecule has 0 aromatic rings. The molecule has 0 heterocycles. The molecule has 0 aliphatic rings. The second-order valence-electron chi connectivity index (χ2n) is 0. The molecule has 18 valence electrons. The van der Waals surface area contributed by atoms with E-state index in [1.165, 1.54) is 0 Å². The maximum Gasteiger partial charge on any atom is 0 e. The van der Waals surface area contributed by atoms with Crippen LogP contribution < -0.4 is 0 Å². The van der Waals surface area contributed by atoms with Gasteiger partial charge in [-0.3, -0.25) is 0 Å². The third kappa shape index (κ3) is 8.86. The molecule has 0 aromatic heterocycles. The summed E-state index contributed by atoms with van der Waals surface area (Å²) >= 11 is 0. The molecule has 0 fully saturated rings. The van der Waals surface area contributed by atoms with Crippen LogP contribution in [0.15, 0.2) is 0 Å². The summed E-state index contributed by atoms with van der Waals surface area (Å²) in [6.07, 6.45) is 0. The van der Waals surface area contributed by atoms with Gasteiger partial charge in [0.05, 0.1) is 0 Å². The summed E-state index contributed by atoms with van der Waals surface area (Å²) in [6.45, 7) is 0. The topological polar surface area (TPSA) is 0 Å². The summed E-state index contributed by atoms with van der Waals surface area (Å²) < 4.78 is 0. The molecule has 0 bridgehead atoms. The van der Waals surface area contributed by atoms with Crippen LogP contribution in [0, 0.1) is 0 Å². The van der Waals surface area contributed by atoms with Crippen LogP contribution in [-0.2, 0) is 35.6 Å². The Balaban J connectivity index is 0. The van der Waals surface area contributed by atoms with Crippen molar-refractivity contribution in [3.63, 3.8) is 0 Å². The standard InChI is InChI=1S/Ba.Mn.Si.V. The molecule has 0 atom stereocenters. The van der Waals surface area contributed by atoms with Crippen LogP contribution in [0.4, 0.5) is 0 Å². The van der Waals surface area contributed by atoms with Crippen molar-refractivity contribution in [2.75, 3.05) is 0 Å². The quantitative estimate of drug-likeness (QED) is 0.508. The predicted molar refractivity (Wildman–Crippen MR) is 11.5 cm³/mol. The van der Waals surface area contributed by atoms with E-state index in [9.17, 15) is 0 Å². The molecular weight excluding hydrogens is 271 g/mol. The first-order valence-corrected chi connectivity index (χ1v) is 0. The van der Waals surface area contributed by atoms with Gasteiger partial charge in [0.15, 0.2) is 0 Å². The van der Waals surface area contributed by atoms with Crippen molar-refractivity contribution in [1.29, 1.82) is 0 Å². The van der Waals surface area contributed by atoms with Gasteiger partial charge in [-0.25, -0.2) is 0 Å². The van der Waals surface area contributed by atoms with Crippen molar-refractivity contribution in [2.24, 2.45) is 0 Å². The Morgan fingerprint density at radius 2 is 1.00 bits per heavy atom. The first-order chi connectivity index (χ1) is 0. The van der Waals surface area contributed by atoms with Crippen LogP contribution in [0.3, 0.4) is 0 Å². The maximum atomic E-state index is 0. The molecule has 0 saturated carbocycles. The zero-order valence-corrected chi connectivity index (χ0v) is 10.1. The van der Waals surface area contributed by atoms with Gasteiger partial charge in [-0.2, -0.15) is 0 Å². The van der Waals surface area contributed by atoms with Gasteiger partial charge in [-0.15, -0.1) is 0 Å². The molecule has 0 nitrogen and oxygen atoms in total. The summed E-state index contributed by atoms with van der Waals surface area (Å²) in [4.78, 5) is 0. The number of hydrogen-bond donors (Lipinski definition) is 0. The summed E-state index contributed by atoms with van der Waals surface area (Å²) in [6, 6.07) is 0. The van der Waals surface area contributed by atoms with Gasteiger partial charge in [0.25, 0.3) is 0 Å². The first kappa shape index (κ1) is 28.6. The van der Waals surface area contributed by atoms with Gasteiger partial charge in [-0.1, -0.05) is 0 Å². The maximum absolute atomic E-state index is 0. The molecule has 0 aromatic carbocycles. The van der Waals surface area contributed by atoms with E-state index in [0.717, 1.165) is 0 Å². The Labute approximate surface area is 93.3 Å². The van der Waals surface area contributed by atoms with E-state index < -0.39 is 0 Å². The van der Waals surface area contributed by atoms with Crippen molar-refractivity contribution in [2.45, 2.75) is 0 Å². The molecule has 0 N–H and O–H groups in total. The second kappa shape index (κ2) is 16.9. The largest absolute Gasteiger partial charge is 0 e. The molecule has 0 rings (SSSR count). The molecule has 4 heteroatoms. The van der Waals surface area contributed by atoms with Gasteiger partial charge in [0.2, 0.25) is 0 Å². The van der Waals surface area contributed by atoms with Crippen molar-refractivity contribution in [3.05, 3.63) is 0 Å². The Morgan fingerprint density at radius 3 is 1.00 bits per heavy atom. The predicted octanol–water partition coefficient (Wildman–Crippen LogP) is -0.767. The average Bonchev–Trinajstić information content (AvgIpc) is 0. The van der Waals surface area contributed by atoms with Crippen LogP contribution in [0.2, 0.25) is 0 Å². The summed E-state index contributed by atoms with van der Waals surface area (Å²) in [7, 11) is 0. The van der Waals surface area contributed by atoms with Crippen LogP contribution in [0.5, 0.6) is 0 Å². The van der Waals surface area contributed by atoms with Gasteiger partial charge >= 0.3 is 0 Å². The van der Waals surface area contributed by atoms with Crippen LogP contribution in [0.1, 0.15) is 0 Å². The normalized spacial score (nSPS) is 0. The monoisotopic (exact) mass is 272 g/mol. The Morgan fingerprint density at radius 1 is 1.00 bits per heavy atom. The Bertz CT molecular complexity index is 8.00. The summed E-state index contributed by atoms with van der Waals surface area (Å²) in [5.41, 5.74) is 0. The van der Waals surface area contributed by atoms with E-state index in [2.05, 4.69) is 0 Å². The third-order valence-electron chi connectivity index (χ3n) is 0. The van der Waals surface area contributed by atoms with Gasteiger partial charge < -0.3 is 0 Å². The fourth-order valence-corrected chi connectivity index (χ4v) is 0. The zero-order valence-electron chi connectivity index (χ0n) is 2.03. The number of hydrogen-bond acceptors (Lipinski definition) is 0. The summed E-state index contributed by atoms with van der Waals surface area (Å²) in [5.74, 6) is 0. The van der Waals surface area contributed by atoms with Crippen LogP contribution >= 0.6 is 0 Å². The van der Waals surface area contributed by atoms with Gasteiger partial charge in [0, 0.05) is 95.5 Å². The number of rotatable bonds is 0. The average molecular weight is 271 g/mol. The third-order valence-corrected chi connectivity index (χ3v) is 0. The van der Waals surface area contributed by atoms with E-state index in [-0.39, 0.29) is 95.5 Å². The molecule has 0 amide bonds. The smallest absolute Gasteiger partial charge is 0 e. The molecule has 0 aliphatic heterocycles. The van der Waals surface area contributed by atoms with E-state index in [4.69, 9.17) is 0 Å². The van der Waals surface area contributed by atoms with E-state index >= 15 is 0 Å². The fraction of sp³-hybridized carbons (Fsp3) is 0. The van der Waals surface area contributed by atoms with E-state index in [0.29, 0.717) is 0 Å². The van der Waals surface area contributed by atoms with Crippen molar-refractivity contribution < 1.29 is 35.6 Å². The van der Waals surface area contributed by atoms with Gasteiger partial charge in [-0.05, 0) is 0 Å². The Hall–Kier alpha value is 2.89. The molecule has 0 saturated heterocycles. The fourth-order valence-electron chi connectivity index (χ4n) is 0. The minimum Gasteiger partial charge on any atom is 0 e. The molecule has 4 heavy (non-hydrogen) atoms. The van der Waals surface area contributed by atoms with E-state index in [1.807, 2.05) is 0 Å². The minimum atomic E-state index is 0. The minimum absolute atomic E-state index is 0. The zero-order chi connectivity index (χ0) is 0. The molecule has 0 unspecified atom stereocenters. The molecular formula is BaMnSiV. The van der Waals surface area contributed by atoms with Crippen molar-refractivity contribution in [3.8, 4) is 0 Å².